The SMILES string of the molecule is Cc1ccccc1-c1c(N)noc1-c1cc(F)ccc1F. The predicted molar refractivity (Wildman–Crippen MR) is 76.4 cm³/mol. The molecule has 0 amide bonds. The third-order valence-electron chi connectivity index (χ3n) is 3.31. The fraction of sp³-hybridized carbons (Fsp3) is 0.0625. The fourth-order valence-electron chi connectivity index (χ4n) is 2.27. The molecule has 3 nitrogen and oxygen atoms in total. The largest absolute Gasteiger partial charge is 0.380 e. The Labute approximate surface area is 120 Å². The molecule has 2 N–H and O–H groups in total. The normalized spacial score (nSPS) is 10.8. The van der Waals surface area contributed by atoms with Crippen molar-refractivity contribution in [2.75, 3.05) is 5.73 Å². The van der Waals surface area contributed by atoms with Crippen LogP contribution in [-0.4, -0.2) is 5.16 Å². The molecule has 1 aromatic heterocycles. The van der Waals surface area contributed by atoms with Crippen LogP contribution in [0.4, 0.5) is 14.6 Å². The maximum Gasteiger partial charge on any atom is 0.179 e. The monoisotopic (exact) mass is 286 g/mol. The van der Waals surface area contributed by atoms with Crippen LogP contribution in [0.15, 0.2) is 47.0 Å². The third kappa shape index (κ3) is 2.27. The number of nitrogens with two attached hydrogens (primary N) is 1. The van der Waals surface area contributed by atoms with E-state index in [0.29, 0.717) is 5.56 Å². The summed E-state index contributed by atoms with van der Waals surface area (Å²) in [6.45, 7) is 1.90. The van der Waals surface area contributed by atoms with Crippen molar-refractivity contribution < 1.29 is 13.3 Å². The summed E-state index contributed by atoms with van der Waals surface area (Å²) in [4.78, 5) is 0. The fourth-order valence-corrected chi connectivity index (χ4v) is 2.27. The van der Waals surface area contributed by atoms with Crippen molar-refractivity contribution in [3.05, 3.63) is 59.7 Å². The molecule has 0 aliphatic heterocycles. The number of hydrogen-bond donors (Lipinski definition) is 1. The molecular formula is C16H12F2N2O. The molecule has 0 spiro atoms. The van der Waals surface area contributed by atoms with E-state index >= 15 is 0 Å². The number of rotatable bonds is 2. The van der Waals surface area contributed by atoms with Gasteiger partial charge in [0, 0.05) is 0 Å². The summed E-state index contributed by atoms with van der Waals surface area (Å²) in [5.41, 5.74) is 8.02. The van der Waals surface area contributed by atoms with Crippen LogP contribution < -0.4 is 5.73 Å². The molecule has 0 aliphatic carbocycles. The molecule has 0 saturated heterocycles. The molecule has 0 fully saturated rings. The van der Waals surface area contributed by atoms with E-state index in [-0.39, 0.29) is 17.1 Å². The summed E-state index contributed by atoms with van der Waals surface area (Å²) in [6.07, 6.45) is 0. The average Bonchev–Trinajstić information content (AvgIpc) is 2.84. The highest BCUT2D eigenvalue weighted by Gasteiger charge is 2.21. The van der Waals surface area contributed by atoms with Crippen LogP contribution in [0.1, 0.15) is 5.56 Å². The highest BCUT2D eigenvalue weighted by atomic mass is 19.1. The Hall–Kier alpha value is -2.69. The van der Waals surface area contributed by atoms with Crippen molar-refractivity contribution in [1.29, 1.82) is 0 Å². The zero-order chi connectivity index (χ0) is 15.0. The molecule has 1 heterocycles. The highest BCUT2D eigenvalue weighted by Crippen LogP contribution is 2.39. The Morgan fingerprint density at radius 1 is 1.05 bits per heavy atom. The van der Waals surface area contributed by atoms with E-state index in [4.69, 9.17) is 10.3 Å². The minimum atomic E-state index is -0.595. The zero-order valence-electron chi connectivity index (χ0n) is 11.2. The first-order valence-electron chi connectivity index (χ1n) is 6.34. The number of aromatic nitrogens is 1. The summed E-state index contributed by atoms with van der Waals surface area (Å²) >= 11 is 0. The van der Waals surface area contributed by atoms with Gasteiger partial charge in [0.05, 0.1) is 11.1 Å². The number of benzene rings is 2. The van der Waals surface area contributed by atoms with Crippen LogP contribution in [0.25, 0.3) is 22.5 Å². The Morgan fingerprint density at radius 3 is 2.57 bits per heavy atom. The van der Waals surface area contributed by atoms with Gasteiger partial charge in [0.25, 0.3) is 0 Å². The van der Waals surface area contributed by atoms with Gasteiger partial charge in [0.1, 0.15) is 11.6 Å². The minimum Gasteiger partial charge on any atom is -0.380 e. The Balaban J connectivity index is 2.27. The van der Waals surface area contributed by atoms with E-state index in [0.717, 1.165) is 29.3 Å². The van der Waals surface area contributed by atoms with Gasteiger partial charge in [-0.2, -0.15) is 0 Å². The Kier molecular flexibility index (Phi) is 3.17. The van der Waals surface area contributed by atoms with Gasteiger partial charge >= 0.3 is 0 Å². The van der Waals surface area contributed by atoms with Gasteiger partial charge in [-0.3, -0.25) is 0 Å². The van der Waals surface area contributed by atoms with E-state index in [1.54, 1.807) is 0 Å². The summed E-state index contributed by atoms with van der Waals surface area (Å²) in [7, 11) is 0. The number of nitrogens with zero attached hydrogens (tertiary/aromatic N) is 1. The molecule has 0 radical (unpaired) electrons. The van der Waals surface area contributed by atoms with E-state index in [9.17, 15) is 8.78 Å². The van der Waals surface area contributed by atoms with E-state index in [1.165, 1.54) is 0 Å². The molecular weight excluding hydrogens is 274 g/mol. The molecule has 0 atom stereocenters. The standard InChI is InChI=1S/C16H12F2N2O/c1-9-4-2-3-5-11(9)14-15(21-20-16(14)19)12-8-10(17)6-7-13(12)18/h2-8H,1H3,(H2,19,20). The van der Waals surface area contributed by atoms with Crippen molar-refractivity contribution in [2.24, 2.45) is 0 Å². The van der Waals surface area contributed by atoms with Gasteiger partial charge in [-0.25, -0.2) is 8.78 Å². The lowest BCUT2D eigenvalue weighted by molar-refractivity contribution is 0.433. The van der Waals surface area contributed by atoms with E-state index in [1.807, 2.05) is 31.2 Å². The second-order valence-corrected chi connectivity index (χ2v) is 4.71. The molecule has 0 saturated carbocycles. The first-order chi connectivity index (χ1) is 10.1. The lowest BCUT2D eigenvalue weighted by Gasteiger charge is -2.07. The van der Waals surface area contributed by atoms with Gasteiger partial charge in [0.2, 0.25) is 0 Å². The van der Waals surface area contributed by atoms with Gasteiger partial charge < -0.3 is 10.3 Å². The lowest BCUT2D eigenvalue weighted by Crippen LogP contribution is -1.92. The molecule has 106 valence electrons. The number of hydrogen-bond acceptors (Lipinski definition) is 3. The second-order valence-electron chi connectivity index (χ2n) is 4.71. The first-order valence-corrected chi connectivity index (χ1v) is 6.34. The summed E-state index contributed by atoms with van der Waals surface area (Å²) in [5.74, 6) is -0.888. The van der Waals surface area contributed by atoms with Gasteiger partial charge in [0.15, 0.2) is 11.6 Å². The molecule has 3 rings (SSSR count). The van der Waals surface area contributed by atoms with Crippen molar-refractivity contribution in [3.8, 4) is 22.5 Å². The molecule has 0 aliphatic rings. The van der Waals surface area contributed by atoms with Crippen molar-refractivity contribution in [2.45, 2.75) is 6.92 Å². The van der Waals surface area contributed by atoms with Crippen molar-refractivity contribution >= 4 is 5.82 Å². The third-order valence-corrected chi connectivity index (χ3v) is 3.31. The van der Waals surface area contributed by atoms with E-state index in [2.05, 4.69) is 5.16 Å². The van der Waals surface area contributed by atoms with E-state index < -0.39 is 11.6 Å². The number of halogens is 2. The average molecular weight is 286 g/mol. The van der Waals surface area contributed by atoms with Crippen LogP contribution in [0.5, 0.6) is 0 Å². The first kappa shape index (κ1) is 13.3. The van der Waals surface area contributed by atoms with Gasteiger partial charge in [-0.1, -0.05) is 29.4 Å². The quantitative estimate of drug-likeness (QED) is 0.769. The summed E-state index contributed by atoms with van der Waals surface area (Å²) < 4.78 is 32.5. The van der Waals surface area contributed by atoms with Crippen LogP contribution in [0.3, 0.4) is 0 Å². The minimum absolute atomic E-state index is 0.00236. The number of nitrogen functional groups attached to an aromatic ring is 1. The molecule has 0 unspecified atom stereocenters. The van der Waals surface area contributed by atoms with Crippen molar-refractivity contribution in [1.82, 2.24) is 5.16 Å². The molecule has 0 bridgehead atoms. The zero-order valence-corrected chi connectivity index (χ0v) is 11.2. The molecule has 2 aromatic carbocycles. The Morgan fingerprint density at radius 2 is 1.81 bits per heavy atom. The lowest BCUT2D eigenvalue weighted by atomic mass is 9.97. The molecule has 21 heavy (non-hydrogen) atoms. The van der Waals surface area contributed by atoms with Crippen LogP contribution in [0, 0.1) is 18.6 Å². The topological polar surface area (TPSA) is 52.0 Å². The summed E-state index contributed by atoms with van der Waals surface area (Å²) in [6, 6.07) is 10.6. The van der Waals surface area contributed by atoms with Crippen molar-refractivity contribution in [3.63, 3.8) is 0 Å². The Bertz CT molecular complexity index is 812. The second kappa shape index (κ2) is 5.01. The molecule has 5 heteroatoms. The molecule has 3 aromatic rings. The maximum absolute atomic E-state index is 14.0. The number of anilines is 1. The van der Waals surface area contributed by atoms with Gasteiger partial charge in [-0.15, -0.1) is 0 Å². The van der Waals surface area contributed by atoms with Crippen LogP contribution in [-0.2, 0) is 0 Å². The van der Waals surface area contributed by atoms with Crippen LogP contribution >= 0.6 is 0 Å². The van der Waals surface area contributed by atoms with Crippen LogP contribution in [0.2, 0.25) is 0 Å². The predicted octanol–water partition coefficient (Wildman–Crippen LogP) is 4.18. The maximum atomic E-state index is 14.0. The number of aryl methyl sites for hydroxylation is 1. The smallest absolute Gasteiger partial charge is 0.179 e. The highest BCUT2D eigenvalue weighted by molar-refractivity contribution is 5.88. The summed E-state index contributed by atoms with van der Waals surface area (Å²) in [5, 5.41) is 3.69. The van der Waals surface area contributed by atoms with Gasteiger partial charge in [-0.05, 0) is 36.2 Å².